The number of hydrogen-bond donors (Lipinski definition) is 1. The number of nitrogens with one attached hydrogen (secondary N) is 1. The average molecular weight is 239 g/mol. The van der Waals surface area contributed by atoms with Crippen molar-refractivity contribution in [2.45, 2.75) is 31.1 Å². The van der Waals surface area contributed by atoms with E-state index < -0.39 is 0 Å². The lowest BCUT2D eigenvalue weighted by molar-refractivity contribution is 0.541. The van der Waals surface area contributed by atoms with E-state index in [-0.39, 0.29) is 5.82 Å². The fourth-order valence-electron chi connectivity index (χ4n) is 2.03. The van der Waals surface area contributed by atoms with Crippen molar-refractivity contribution in [3.63, 3.8) is 0 Å². The zero-order valence-corrected chi connectivity index (χ0v) is 10.4. The second-order valence-electron chi connectivity index (χ2n) is 4.41. The largest absolute Gasteiger partial charge is 0.313 e. The summed E-state index contributed by atoms with van der Waals surface area (Å²) < 4.78 is 12.7. The summed E-state index contributed by atoms with van der Waals surface area (Å²) in [6.45, 7) is 3.27. The SMILES string of the molecule is CC1CC(NCCc2ccc(F)cc2)CS1. The summed E-state index contributed by atoms with van der Waals surface area (Å²) >= 11 is 2.04. The van der Waals surface area contributed by atoms with Crippen LogP contribution in [0.2, 0.25) is 0 Å². The van der Waals surface area contributed by atoms with Crippen LogP contribution in [0, 0.1) is 5.82 Å². The molecule has 88 valence electrons. The smallest absolute Gasteiger partial charge is 0.123 e. The van der Waals surface area contributed by atoms with Crippen LogP contribution in [0.3, 0.4) is 0 Å². The minimum atomic E-state index is -0.155. The Kier molecular flexibility index (Phi) is 4.24. The molecule has 0 aromatic heterocycles. The first-order valence-electron chi connectivity index (χ1n) is 5.83. The van der Waals surface area contributed by atoms with Crippen LogP contribution in [0.1, 0.15) is 18.9 Å². The highest BCUT2D eigenvalue weighted by molar-refractivity contribution is 8.00. The van der Waals surface area contributed by atoms with Gasteiger partial charge >= 0.3 is 0 Å². The minimum absolute atomic E-state index is 0.155. The first-order chi connectivity index (χ1) is 7.74. The van der Waals surface area contributed by atoms with E-state index in [1.54, 1.807) is 0 Å². The highest BCUT2D eigenvalue weighted by atomic mass is 32.2. The molecule has 1 N–H and O–H groups in total. The number of thioether (sulfide) groups is 1. The molecule has 1 saturated heterocycles. The highest BCUT2D eigenvalue weighted by Gasteiger charge is 2.20. The van der Waals surface area contributed by atoms with Crippen LogP contribution >= 0.6 is 11.8 Å². The second-order valence-corrected chi connectivity index (χ2v) is 5.88. The molecule has 3 heteroatoms. The van der Waals surface area contributed by atoms with Gasteiger partial charge in [0.05, 0.1) is 0 Å². The summed E-state index contributed by atoms with van der Waals surface area (Å²) in [4.78, 5) is 0. The molecule has 1 aliphatic rings. The van der Waals surface area contributed by atoms with Crippen LogP contribution in [0.25, 0.3) is 0 Å². The Morgan fingerprint density at radius 3 is 2.75 bits per heavy atom. The second kappa shape index (κ2) is 5.69. The summed E-state index contributed by atoms with van der Waals surface area (Å²) in [6, 6.07) is 7.46. The molecule has 0 saturated carbocycles. The Morgan fingerprint density at radius 1 is 1.38 bits per heavy atom. The zero-order chi connectivity index (χ0) is 11.4. The maximum Gasteiger partial charge on any atom is 0.123 e. The van der Waals surface area contributed by atoms with Crippen molar-refractivity contribution in [2.24, 2.45) is 0 Å². The Morgan fingerprint density at radius 2 is 2.12 bits per heavy atom. The summed E-state index contributed by atoms with van der Waals surface area (Å²) in [6.07, 6.45) is 2.25. The topological polar surface area (TPSA) is 12.0 Å². The monoisotopic (exact) mass is 239 g/mol. The molecule has 2 rings (SSSR count). The van der Waals surface area contributed by atoms with Crippen LogP contribution in [-0.4, -0.2) is 23.6 Å². The van der Waals surface area contributed by atoms with E-state index >= 15 is 0 Å². The zero-order valence-electron chi connectivity index (χ0n) is 9.58. The molecule has 0 spiro atoms. The third-order valence-electron chi connectivity index (χ3n) is 2.96. The molecule has 0 aliphatic carbocycles. The molecular weight excluding hydrogens is 221 g/mol. The fourth-order valence-corrected chi connectivity index (χ4v) is 3.21. The number of hydrogen-bond acceptors (Lipinski definition) is 2. The van der Waals surface area contributed by atoms with Crippen molar-refractivity contribution < 1.29 is 4.39 Å². The number of rotatable bonds is 4. The quantitative estimate of drug-likeness (QED) is 0.867. The summed E-state index contributed by atoms with van der Waals surface area (Å²) in [5, 5.41) is 4.36. The van der Waals surface area contributed by atoms with Gasteiger partial charge in [-0.1, -0.05) is 19.1 Å². The Balaban J connectivity index is 1.70. The average Bonchev–Trinajstić information content (AvgIpc) is 2.67. The van der Waals surface area contributed by atoms with Gasteiger partial charge in [0.25, 0.3) is 0 Å². The van der Waals surface area contributed by atoms with E-state index in [1.165, 1.54) is 29.9 Å². The van der Waals surface area contributed by atoms with Crippen molar-refractivity contribution in [1.29, 1.82) is 0 Å². The molecular formula is C13H18FNS. The molecule has 1 aromatic rings. The molecule has 0 radical (unpaired) electrons. The third kappa shape index (κ3) is 3.49. The lowest BCUT2D eigenvalue weighted by Gasteiger charge is -2.11. The van der Waals surface area contributed by atoms with E-state index in [0.717, 1.165) is 18.2 Å². The van der Waals surface area contributed by atoms with Gasteiger partial charge in [0, 0.05) is 17.0 Å². The van der Waals surface area contributed by atoms with Gasteiger partial charge in [0.1, 0.15) is 5.82 Å². The van der Waals surface area contributed by atoms with E-state index in [9.17, 15) is 4.39 Å². The molecule has 0 bridgehead atoms. The van der Waals surface area contributed by atoms with Gasteiger partial charge in [-0.15, -0.1) is 0 Å². The van der Waals surface area contributed by atoms with Crippen molar-refractivity contribution in [3.05, 3.63) is 35.6 Å². The highest BCUT2D eigenvalue weighted by Crippen LogP contribution is 2.25. The van der Waals surface area contributed by atoms with Gasteiger partial charge in [-0.3, -0.25) is 0 Å². The predicted molar refractivity (Wildman–Crippen MR) is 68.4 cm³/mol. The maximum absolute atomic E-state index is 12.7. The molecule has 1 fully saturated rings. The van der Waals surface area contributed by atoms with E-state index in [4.69, 9.17) is 0 Å². The minimum Gasteiger partial charge on any atom is -0.313 e. The Hall–Kier alpha value is -0.540. The van der Waals surface area contributed by atoms with Crippen LogP contribution in [0.5, 0.6) is 0 Å². The first-order valence-corrected chi connectivity index (χ1v) is 6.88. The third-order valence-corrected chi connectivity index (χ3v) is 4.31. The Bertz CT molecular complexity index is 325. The van der Waals surface area contributed by atoms with E-state index in [2.05, 4.69) is 12.2 Å². The van der Waals surface area contributed by atoms with Crippen molar-refractivity contribution >= 4 is 11.8 Å². The van der Waals surface area contributed by atoms with Crippen LogP contribution in [0.15, 0.2) is 24.3 Å². The van der Waals surface area contributed by atoms with Gasteiger partial charge in [0.15, 0.2) is 0 Å². The molecule has 1 aromatic carbocycles. The molecule has 1 nitrogen and oxygen atoms in total. The van der Waals surface area contributed by atoms with Gasteiger partial charge in [-0.2, -0.15) is 11.8 Å². The number of halogens is 1. The first kappa shape index (κ1) is 11.9. The predicted octanol–water partition coefficient (Wildman–Crippen LogP) is 2.85. The van der Waals surface area contributed by atoms with E-state index in [1.807, 2.05) is 23.9 Å². The Labute approximate surface area is 101 Å². The summed E-state index contributed by atoms with van der Waals surface area (Å²) in [5.41, 5.74) is 1.20. The van der Waals surface area contributed by atoms with E-state index in [0.29, 0.717) is 6.04 Å². The van der Waals surface area contributed by atoms with Crippen LogP contribution in [0.4, 0.5) is 4.39 Å². The maximum atomic E-state index is 12.7. The van der Waals surface area contributed by atoms with Crippen molar-refractivity contribution in [1.82, 2.24) is 5.32 Å². The molecule has 1 heterocycles. The van der Waals surface area contributed by atoms with Gasteiger partial charge in [-0.05, 0) is 37.1 Å². The van der Waals surface area contributed by atoms with Gasteiger partial charge in [0.2, 0.25) is 0 Å². The van der Waals surface area contributed by atoms with Gasteiger partial charge in [-0.25, -0.2) is 4.39 Å². The van der Waals surface area contributed by atoms with Crippen LogP contribution in [-0.2, 0) is 6.42 Å². The molecule has 0 amide bonds. The van der Waals surface area contributed by atoms with Gasteiger partial charge < -0.3 is 5.32 Å². The summed E-state index contributed by atoms with van der Waals surface area (Å²) in [7, 11) is 0. The lowest BCUT2D eigenvalue weighted by atomic mass is 10.1. The fraction of sp³-hybridized carbons (Fsp3) is 0.538. The lowest BCUT2D eigenvalue weighted by Crippen LogP contribution is -2.30. The van der Waals surface area contributed by atoms with Crippen LogP contribution < -0.4 is 5.32 Å². The van der Waals surface area contributed by atoms with Crippen molar-refractivity contribution in [2.75, 3.05) is 12.3 Å². The van der Waals surface area contributed by atoms with Crippen molar-refractivity contribution in [3.8, 4) is 0 Å². The molecule has 2 atom stereocenters. The normalized spacial score (nSPS) is 24.9. The molecule has 1 aliphatic heterocycles. The summed E-state index contributed by atoms with van der Waals surface area (Å²) in [5.74, 6) is 1.07. The number of benzene rings is 1. The molecule has 16 heavy (non-hydrogen) atoms. The standard InChI is InChI=1S/C13H18FNS/c1-10-8-13(9-16-10)15-7-6-11-2-4-12(14)5-3-11/h2-5,10,13,15H,6-9H2,1H3. The molecule has 2 unspecified atom stereocenters.